The van der Waals surface area contributed by atoms with Crippen molar-refractivity contribution in [3.05, 3.63) is 35.9 Å². The highest BCUT2D eigenvalue weighted by molar-refractivity contribution is 6.61. The lowest BCUT2D eigenvalue weighted by Crippen LogP contribution is -2.24. The molecule has 2 nitrogen and oxygen atoms in total. The Bertz CT molecular complexity index is 337. The van der Waals surface area contributed by atoms with Gasteiger partial charge in [0.15, 0.2) is 0 Å². The summed E-state index contributed by atoms with van der Waals surface area (Å²) < 4.78 is 41.3. The quantitative estimate of drug-likeness (QED) is 0.735. The first kappa shape index (κ1) is 11.8. The Kier molecular flexibility index (Phi) is 3.57. The first-order valence-corrected chi connectivity index (χ1v) is 4.27. The summed E-state index contributed by atoms with van der Waals surface area (Å²) in [6, 6.07) is 6.79. The van der Waals surface area contributed by atoms with Gasteiger partial charge in [0.2, 0.25) is 6.10 Å². The van der Waals surface area contributed by atoms with Gasteiger partial charge >= 0.3 is 11.6 Å². The van der Waals surface area contributed by atoms with E-state index in [1.807, 2.05) is 0 Å². The predicted octanol–water partition coefficient (Wildman–Crippen LogP) is 3.67. The topological polar surface area (TPSA) is 26.3 Å². The average Bonchev–Trinajstić information content (AvgIpc) is 2.14. The second-order valence-corrected chi connectivity index (χ2v) is 3.00. The lowest BCUT2D eigenvalue weighted by Gasteiger charge is -2.19. The van der Waals surface area contributed by atoms with Gasteiger partial charge in [-0.3, -0.25) is 0 Å². The van der Waals surface area contributed by atoms with Crippen molar-refractivity contribution in [3.63, 3.8) is 0 Å². The molecule has 1 aromatic carbocycles. The molecule has 1 atom stereocenters. The van der Waals surface area contributed by atoms with Crippen LogP contribution in [0.1, 0.15) is 11.7 Å². The molecule has 0 fully saturated rings. The van der Waals surface area contributed by atoms with Gasteiger partial charge in [0.25, 0.3) is 0 Å². The number of hydrogen-bond donors (Lipinski definition) is 0. The fourth-order valence-electron chi connectivity index (χ4n) is 1.04. The Morgan fingerprint density at radius 1 is 1.27 bits per heavy atom. The second kappa shape index (κ2) is 4.53. The number of benzene rings is 1. The largest absolute Gasteiger partial charge is 0.436 e. The Labute approximate surface area is 88.6 Å². The monoisotopic (exact) mass is 238 g/mol. The molecule has 0 spiro atoms. The lowest BCUT2D eigenvalue weighted by atomic mass is 10.1. The maximum atomic E-state index is 12.4. The highest BCUT2D eigenvalue weighted by Crippen LogP contribution is 2.36. The van der Waals surface area contributed by atoms with Crippen molar-refractivity contribution in [2.75, 3.05) is 0 Å². The summed E-state index contributed by atoms with van der Waals surface area (Å²) in [7, 11) is 0. The van der Waals surface area contributed by atoms with Crippen molar-refractivity contribution < 1.29 is 22.7 Å². The first-order chi connectivity index (χ1) is 6.91. The number of carbonyl (C=O) groups is 1. The van der Waals surface area contributed by atoms with Crippen molar-refractivity contribution in [3.8, 4) is 0 Å². The zero-order valence-electron chi connectivity index (χ0n) is 7.29. The normalized spacial score (nSPS) is 13.3. The van der Waals surface area contributed by atoms with Gasteiger partial charge in [-0.1, -0.05) is 30.3 Å². The molecule has 0 N–H and O–H groups in total. The molecule has 0 aromatic heterocycles. The molecule has 0 aliphatic heterocycles. The fraction of sp³-hybridized carbons (Fsp3) is 0.222. The summed E-state index contributed by atoms with van der Waals surface area (Å²) in [6.07, 6.45) is -6.99. The van der Waals surface area contributed by atoms with E-state index in [2.05, 4.69) is 4.74 Å². The van der Waals surface area contributed by atoms with Crippen LogP contribution in [-0.2, 0) is 4.74 Å². The molecule has 1 unspecified atom stereocenters. The molecule has 15 heavy (non-hydrogen) atoms. The van der Waals surface area contributed by atoms with Crippen LogP contribution in [0.5, 0.6) is 0 Å². The average molecular weight is 239 g/mol. The minimum absolute atomic E-state index is 0.168. The molecule has 1 aromatic rings. The van der Waals surface area contributed by atoms with Crippen LogP contribution >= 0.6 is 11.6 Å². The molecule has 6 heteroatoms. The van der Waals surface area contributed by atoms with Crippen molar-refractivity contribution in [1.29, 1.82) is 0 Å². The van der Waals surface area contributed by atoms with Gasteiger partial charge in [0, 0.05) is 17.2 Å². The van der Waals surface area contributed by atoms with Gasteiger partial charge in [-0.25, -0.2) is 4.79 Å². The van der Waals surface area contributed by atoms with Crippen molar-refractivity contribution in [1.82, 2.24) is 0 Å². The van der Waals surface area contributed by atoms with Crippen LogP contribution in [0.3, 0.4) is 0 Å². The van der Waals surface area contributed by atoms with E-state index in [4.69, 9.17) is 11.6 Å². The molecule has 0 amide bonds. The molecule has 0 heterocycles. The molecule has 82 valence electrons. The van der Waals surface area contributed by atoms with E-state index in [1.54, 1.807) is 6.07 Å². The maximum absolute atomic E-state index is 12.4. The van der Waals surface area contributed by atoms with Gasteiger partial charge in [0.05, 0.1) is 0 Å². The third kappa shape index (κ3) is 3.43. The zero-order chi connectivity index (χ0) is 11.5. The molecule has 0 aliphatic rings. The van der Waals surface area contributed by atoms with Crippen LogP contribution in [-0.4, -0.2) is 11.6 Å². The standard InChI is InChI=1S/C9H6ClF3O2/c10-8(14)15-7(9(11,12)13)6-4-2-1-3-5-6/h1-5,7H. The summed E-state index contributed by atoms with van der Waals surface area (Å²) in [4.78, 5) is 10.3. The van der Waals surface area contributed by atoms with E-state index < -0.39 is 17.7 Å². The fourth-order valence-corrected chi connectivity index (χ4v) is 1.13. The van der Waals surface area contributed by atoms with E-state index in [9.17, 15) is 18.0 Å². The Balaban J connectivity index is 2.97. The van der Waals surface area contributed by atoms with Crippen LogP contribution in [0.25, 0.3) is 0 Å². The molecule has 0 radical (unpaired) electrons. The van der Waals surface area contributed by atoms with Crippen LogP contribution in [0.2, 0.25) is 0 Å². The van der Waals surface area contributed by atoms with Crippen molar-refractivity contribution in [2.24, 2.45) is 0 Å². The van der Waals surface area contributed by atoms with E-state index in [-0.39, 0.29) is 5.56 Å². The maximum Gasteiger partial charge on any atom is 0.429 e. The smallest absolute Gasteiger partial charge is 0.429 e. The molecular formula is C9H6ClF3O2. The number of carbonyl (C=O) groups excluding carboxylic acids is 1. The number of rotatable bonds is 2. The summed E-state index contributed by atoms with van der Waals surface area (Å²) in [6.45, 7) is 0. The van der Waals surface area contributed by atoms with E-state index in [0.717, 1.165) is 0 Å². The molecule has 0 saturated heterocycles. The van der Waals surface area contributed by atoms with Gasteiger partial charge in [-0.2, -0.15) is 13.2 Å². The Morgan fingerprint density at radius 2 is 1.80 bits per heavy atom. The zero-order valence-corrected chi connectivity index (χ0v) is 8.05. The van der Waals surface area contributed by atoms with E-state index >= 15 is 0 Å². The molecule has 0 aliphatic carbocycles. The SMILES string of the molecule is O=C(Cl)OC(c1ccccc1)C(F)(F)F. The highest BCUT2D eigenvalue weighted by Gasteiger charge is 2.43. The van der Waals surface area contributed by atoms with E-state index in [0.29, 0.717) is 0 Å². The second-order valence-electron chi connectivity index (χ2n) is 2.69. The number of alkyl halides is 3. The predicted molar refractivity (Wildman–Crippen MR) is 47.6 cm³/mol. The summed E-state index contributed by atoms with van der Waals surface area (Å²) in [5, 5.41) is 0. The van der Waals surface area contributed by atoms with Crippen LogP contribution in [0, 0.1) is 0 Å². The van der Waals surface area contributed by atoms with Gasteiger partial charge in [-0.05, 0) is 0 Å². The highest BCUT2D eigenvalue weighted by atomic mass is 35.5. The van der Waals surface area contributed by atoms with Crippen LogP contribution in [0.15, 0.2) is 30.3 Å². The molecular weight excluding hydrogens is 233 g/mol. The van der Waals surface area contributed by atoms with E-state index in [1.165, 1.54) is 24.3 Å². The summed E-state index contributed by atoms with van der Waals surface area (Å²) in [5.41, 5.74) is -1.65. The van der Waals surface area contributed by atoms with Crippen LogP contribution < -0.4 is 0 Å². The van der Waals surface area contributed by atoms with Crippen molar-refractivity contribution >= 4 is 17.0 Å². The molecule has 0 saturated carbocycles. The van der Waals surface area contributed by atoms with Gasteiger partial charge in [-0.15, -0.1) is 0 Å². The number of halogens is 4. The Hall–Kier alpha value is -1.23. The minimum Gasteiger partial charge on any atom is -0.436 e. The van der Waals surface area contributed by atoms with Gasteiger partial charge in [0.1, 0.15) is 0 Å². The third-order valence-corrected chi connectivity index (χ3v) is 1.70. The van der Waals surface area contributed by atoms with Gasteiger partial charge < -0.3 is 4.74 Å². The minimum atomic E-state index is -4.67. The van der Waals surface area contributed by atoms with Crippen molar-refractivity contribution in [2.45, 2.75) is 12.3 Å². The molecule has 1 rings (SSSR count). The first-order valence-electron chi connectivity index (χ1n) is 3.89. The third-order valence-electron chi connectivity index (χ3n) is 1.61. The summed E-state index contributed by atoms with van der Waals surface area (Å²) >= 11 is 4.77. The number of hydrogen-bond acceptors (Lipinski definition) is 2. The lowest BCUT2D eigenvalue weighted by molar-refractivity contribution is -0.204. The van der Waals surface area contributed by atoms with Crippen LogP contribution in [0.4, 0.5) is 18.0 Å². The summed E-state index contributed by atoms with van der Waals surface area (Å²) in [5.74, 6) is 0. The molecule has 0 bridgehead atoms. The number of ether oxygens (including phenoxy) is 1. The Morgan fingerprint density at radius 3 is 2.20 bits per heavy atom.